The van der Waals surface area contributed by atoms with Crippen LogP contribution in [0.4, 0.5) is 23.0 Å². The summed E-state index contributed by atoms with van der Waals surface area (Å²) in [6, 6.07) is 9.29. The molecule has 0 unspecified atom stereocenters. The second-order valence-electron chi connectivity index (χ2n) is 5.52. The predicted molar refractivity (Wildman–Crippen MR) is 105 cm³/mol. The number of nitrogens with zero attached hydrogens (tertiary/aromatic N) is 3. The average Bonchev–Trinajstić information content (AvgIpc) is 3.11. The number of halogens is 1. The summed E-state index contributed by atoms with van der Waals surface area (Å²) < 4.78 is 0. The van der Waals surface area contributed by atoms with Gasteiger partial charge in [-0.05, 0) is 42.5 Å². The quantitative estimate of drug-likeness (QED) is 0.445. The lowest BCUT2D eigenvalue weighted by atomic mass is 10.2. The molecule has 0 spiro atoms. The molecule has 0 saturated carbocycles. The molecule has 9 heteroatoms. The van der Waals surface area contributed by atoms with Crippen molar-refractivity contribution < 1.29 is 4.92 Å². The number of rotatable bonds is 7. The zero-order valence-corrected chi connectivity index (χ0v) is 15.5. The van der Waals surface area contributed by atoms with Gasteiger partial charge in [-0.1, -0.05) is 23.7 Å². The molecule has 1 aromatic carbocycles. The van der Waals surface area contributed by atoms with Crippen LogP contribution in [0, 0.1) is 17.0 Å². The van der Waals surface area contributed by atoms with Gasteiger partial charge in [0, 0.05) is 22.1 Å². The standard InChI is InChI=1S/C17H16ClN5O2S/c1-11-4-5-12(18)9-14(11)22-17-15(23(24)25)16(20-10-21-17)19-7-6-13-3-2-8-26-13/h2-5,8-10H,6-7H2,1H3,(H2,19,20,21,22). The Labute approximate surface area is 159 Å². The third-order valence-corrected chi connectivity index (χ3v) is 4.87. The zero-order valence-electron chi connectivity index (χ0n) is 13.9. The van der Waals surface area contributed by atoms with Crippen molar-refractivity contribution in [2.45, 2.75) is 13.3 Å². The molecule has 134 valence electrons. The fourth-order valence-corrected chi connectivity index (χ4v) is 3.27. The van der Waals surface area contributed by atoms with Gasteiger partial charge in [0.2, 0.25) is 11.6 Å². The van der Waals surface area contributed by atoms with Crippen molar-refractivity contribution in [2.75, 3.05) is 17.2 Å². The number of hydrogen-bond acceptors (Lipinski definition) is 7. The molecule has 2 aromatic heterocycles. The minimum atomic E-state index is -0.490. The van der Waals surface area contributed by atoms with Crippen molar-refractivity contribution in [3.8, 4) is 0 Å². The van der Waals surface area contributed by atoms with Crippen LogP contribution in [0.3, 0.4) is 0 Å². The summed E-state index contributed by atoms with van der Waals surface area (Å²) in [5, 5.41) is 20.2. The zero-order chi connectivity index (χ0) is 18.5. The predicted octanol–water partition coefficient (Wildman–Crippen LogP) is 4.81. The molecule has 0 bridgehead atoms. The molecular formula is C17H16ClN5O2S. The minimum absolute atomic E-state index is 0.119. The van der Waals surface area contributed by atoms with E-state index in [1.807, 2.05) is 30.5 Å². The number of thiophene rings is 1. The summed E-state index contributed by atoms with van der Waals surface area (Å²) >= 11 is 7.66. The smallest absolute Gasteiger partial charge is 0.353 e. The Hall–Kier alpha value is -2.71. The van der Waals surface area contributed by atoms with Gasteiger partial charge in [-0.15, -0.1) is 11.3 Å². The van der Waals surface area contributed by atoms with Gasteiger partial charge in [0.25, 0.3) is 0 Å². The van der Waals surface area contributed by atoms with Crippen molar-refractivity contribution in [3.05, 3.63) is 67.6 Å². The second-order valence-corrected chi connectivity index (χ2v) is 6.99. The fraction of sp³-hybridized carbons (Fsp3) is 0.176. The van der Waals surface area contributed by atoms with Crippen molar-refractivity contribution in [2.24, 2.45) is 0 Å². The van der Waals surface area contributed by atoms with Gasteiger partial charge in [0.1, 0.15) is 6.33 Å². The van der Waals surface area contributed by atoms with E-state index in [0.717, 1.165) is 12.0 Å². The number of aryl methyl sites for hydroxylation is 1. The minimum Gasteiger partial charge on any atom is -0.364 e. The molecule has 0 saturated heterocycles. The Balaban J connectivity index is 1.83. The van der Waals surface area contributed by atoms with Crippen molar-refractivity contribution >= 4 is 45.9 Å². The lowest BCUT2D eigenvalue weighted by Crippen LogP contribution is -2.10. The molecule has 0 radical (unpaired) electrons. The van der Waals surface area contributed by atoms with Gasteiger partial charge < -0.3 is 10.6 Å². The number of hydrogen-bond donors (Lipinski definition) is 2. The largest absolute Gasteiger partial charge is 0.364 e. The van der Waals surface area contributed by atoms with E-state index in [9.17, 15) is 10.1 Å². The Bertz CT molecular complexity index is 918. The topological polar surface area (TPSA) is 93.0 Å². The van der Waals surface area contributed by atoms with Gasteiger partial charge in [0.05, 0.1) is 4.92 Å². The van der Waals surface area contributed by atoms with E-state index in [1.54, 1.807) is 23.5 Å². The second kappa shape index (κ2) is 8.11. The van der Waals surface area contributed by atoms with Crippen LogP contribution >= 0.6 is 22.9 Å². The van der Waals surface area contributed by atoms with E-state index in [4.69, 9.17) is 11.6 Å². The van der Waals surface area contributed by atoms with Gasteiger partial charge >= 0.3 is 5.69 Å². The first-order valence-corrected chi connectivity index (χ1v) is 9.09. The van der Waals surface area contributed by atoms with Gasteiger partial charge in [-0.3, -0.25) is 10.1 Å². The highest BCUT2D eigenvalue weighted by molar-refractivity contribution is 7.09. The van der Waals surface area contributed by atoms with Crippen LogP contribution in [-0.4, -0.2) is 21.4 Å². The van der Waals surface area contributed by atoms with Gasteiger partial charge in [0.15, 0.2) is 0 Å². The molecule has 7 nitrogen and oxygen atoms in total. The maximum absolute atomic E-state index is 11.6. The maximum atomic E-state index is 11.6. The first-order chi connectivity index (χ1) is 12.5. The van der Waals surface area contributed by atoms with E-state index in [2.05, 4.69) is 20.6 Å². The summed E-state index contributed by atoms with van der Waals surface area (Å²) in [7, 11) is 0. The van der Waals surface area contributed by atoms with Crippen molar-refractivity contribution in [1.82, 2.24) is 9.97 Å². The Kier molecular flexibility index (Phi) is 5.65. The first-order valence-electron chi connectivity index (χ1n) is 7.83. The monoisotopic (exact) mass is 389 g/mol. The van der Waals surface area contributed by atoms with E-state index >= 15 is 0 Å². The van der Waals surface area contributed by atoms with Crippen LogP contribution in [0.5, 0.6) is 0 Å². The highest BCUT2D eigenvalue weighted by Gasteiger charge is 2.23. The molecule has 0 amide bonds. The molecule has 3 rings (SSSR count). The SMILES string of the molecule is Cc1ccc(Cl)cc1Nc1ncnc(NCCc2cccs2)c1[N+](=O)[O-]. The lowest BCUT2D eigenvalue weighted by molar-refractivity contribution is -0.383. The molecule has 0 aliphatic carbocycles. The van der Waals surface area contributed by atoms with E-state index in [-0.39, 0.29) is 17.3 Å². The molecule has 2 N–H and O–H groups in total. The van der Waals surface area contributed by atoms with Gasteiger partial charge in [-0.25, -0.2) is 9.97 Å². The highest BCUT2D eigenvalue weighted by atomic mass is 35.5. The number of aromatic nitrogens is 2. The normalized spacial score (nSPS) is 10.5. The molecule has 0 fully saturated rings. The van der Waals surface area contributed by atoms with Crippen molar-refractivity contribution in [1.29, 1.82) is 0 Å². The van der Waals surface area contributed by atoms with Crippen LogP contribution < -0.4 is 10.6 Å². The third-order valence-electron chi connectivity index (χ3n) is 3.70. The number of nitro groups is 1. The Morgan fingerprint density at radius 2 is 2.08 bits per heavy atom. The fourth-order valence-electron chi connectivity index (χ4n) is 2.39. The van der Waals surface area contributed by atoms with Gasteiger partial charge in [-0.2, -0.15) is 0 Å². The average molecular weight is 390 g/mol. The summed E-state index contributed by atoms with van der Waals surface area (Å²) in [6.07, 6.45) is 2.05. The lowest BCUT2D eigenvalue weighted by Gasteiger charge is -2.11. The maximum Gasteiger partial charge on any atom is 0.353 e. The highest BCUT2D eigenvalue weighted by Crippen LogP contribution is 2.32. The molecule has 3 aromatic rings. The van der Waals surface area contributed by atoms with E-state index in [1.165, 1.54) is 11.2 Å². The van der Waals surface area contributed by atoms with Crippen LogP contribution in [0.1, 0.15) is 10.4 Å². The number of anilines is 3. The Morgan fingerprint density at radius 3 is 2.81 bits per heavy atom. The summed E-state index contributed by atoms with van der Waals surface area (Å²) in [6.45, 7) is 2.42. The molecule has 0 aliphatic rings. The van der Waals surface area contributed by atoms with Crippen LogP contribution in [0.2, 0.25) is 5.02 Å². The number of benzene rings is 1. The molecule has 2 heterocycles. The third kappa shape index (κ3) is 4.27. The van der Waals surface area contributed by atoms with E-state index in [0.29, 0.717) is 17.3 Å². The Morgan fingerprint density at radius 1 is 1.27 bits per heavy atom. The molecule has 0 aliphatic heterocycles. The van der Waals surface area contributed by atoms with Crippen LogP contribution in [0.25, 0.3) is 0 Å². The summed E-state index contributed by atoms with van der Waals surface area (Å²) in [5.74, 6) is 0.303. The molecular weight excluding hydrogens is 374 g/mol. The molecule has 26 heavy (non-hydrogen) atoms. The summed E-state index contributed by atoms with van der Waals surface area (Å²) in [5.41, 5.74) is 1.36. The first kappa shape index (κ1) is 18.1. The number of nitrogens with one attached hydrogen (secondary N) is 2. The van der Waals surface area contributed by atoms with E-state index < -0.39 is 4.92 Å². The van der Waals surface area contributed by atoms with Crippen LogP contribution in [0.15, 0.2) is 42.0 Å². The molecule has 0 atom stereocenters. The van der Waals surface area contributed by atoms with Crippen molar-refractivity contribution in [3.63, 3.8) is 0 Å². The van der Waals surface area contributed by atoms with Crippen LogP contribution in [-0.2, 0) is 6.42 Å². The summed E-state index contributed by atoms with van der Waals surface area (Å²) in [4.78, 5) is 20.4.